The van der Waals surface area contributed by atoms with Gasteiger partial charge in [-0.25, -0.2) is 0 Å². The third-order valence-electron chi connectivity index (χ3n) is 4.13. The largest absolute Gasteiger partial charge is 0.336 e. The summed E-state index contributed by atoms with van der Waals surface area (Å²) >= 11 is 1.62. The first-order valence-electron chi connectivity index (χ1n) is 7.71. The minimum Gasteiger partial charge on any atom is -0.336 e. The zero-order valence-electron chi connectivity index (χ0n) is 13.2. The number of thiophene rings is 1. The standard InChI is InChI=1S/C18H19N3OS/c1-14-10-17(13-23-14)18(22)21-8-6-20(7-9-21)12-16-4-2-15(11-19)3-5-16/h2-5,10,13H,6-9,12H2,1H3. The second-order valence-electron chi connectivity index (χ2n) is 5.82. The van der Waals surface area contributed by atoms with Gasteiger partial charge in [0.15, 0.2) is 0 Å². The van der Waals surface area contributed by atoms with E-state index in [1.165, 1.54) is 10.4 Å². The number of nitrogens with zero attached hydrogens (tertiary/aromatic N) is 3. The second-order valence-corrected chi connectivity index (χ2v) is 6.94. The number of rotatable bonds is 3. The molecule has 1 aromatic carbocycles. The van der Waals surface area contributed by atoms with E-state index in [-0.39, 0.29) is 5.91 Å². The van der Waals surface area contributed by atoms with E-state index in [2.05, 4.69) is 11.0 Å². The van der Waals surface area contributed by atoms with E-state index in [1.54, 1.807) is 11.3 Å². The topological polar surface area (TPSA) is 47.3 Å². The fraction of sp³-hybridized carbons (Fsp3) is 0.333. The number of amides is 1. The van der Waals surface area contributed by atoms with Gasteiger partial charge in [-0.05, 0) is 30.7 Å². The van der Waals surface area contributed by atoms with Crippen LogP contribution in [0.25, 0.3) is 0 Å². The average Bonchev–Trinajstić information content (AvgIpc) is 3.02. The Bertz CT molecular complexity index is 721. The van der Waals surface area contributed by atoms with E-state index in [4.69, 9.17) is 5.26 Å². The molecule has 1 aromatic heterocycles. The molecule has 4 nitrogen and oxygen atoms in total. The summed E-state index contributed by atoms with van der Waals surface area (Å²) in [6.45, 7) is 6.19. The minimum absolute atomic E-state index is 0.146. The van der Waals surface area contributed by atoms with Gasteiger partial charge in [0.2, 0.25) is 0 Å². The molecule has 1 aliphatic heterocycles. The van der Waals surface area contributed by atoms with Gasteiger partial charge in [0.25, 0.3) is 5.91 Å². The van der Waals surface area contributed by atoms with Crippen molar-refractivity contribution in [2.24, 2.45) is 0 Å². The van der Waals surface area contributed by atoms with Gasteiger partial charge in [0.1, 0.15) is 0 Å². The van der Waals surface area contributed by atoms with Crippen molar-refractivity contribution in [1.82, 2.24) is 9.80 Å². The molecule has 0 aliphatic carbocycles. The Morgan fingerprint density at radius 1 is 1.22 bits per heavy atom. The molecule has 1 aliphatic rings. The molecule has 0 atom stereocenters. The molecule has 5 heteroatoms. The van der Waals surface area contributed by atoms with Crippen LogP contribution in [-0.2, 0) is 6.54 Å². The Morgan fingerprint density at radius 3 is 2.48 bits per heavy atom. The van der Waals surface area contributed by atoms with Gasteiger partial charge < -0.3 is 4.90 Å². The SMILES string of the molecule is Cc1cc(C(=O)N2CCN(Cc3ccc(C#N)cc3)CC2)cs1. The van der Waals surface area contributed by atoms with E-state index >= 15 is 0 Å². The monoisotopic (exact) mass is 325 g/mol. The number of piperazine rings is 1. The molecule has 0 spiro atoms. The predicted molar refractivity (Wildman–Crippen MR) is 91.4 cm³/mol. The number of benzene rings is 1. The van der Waals surface area contributed by atoms with Crippen LogP contribution in [-0.4, -0.2) is 41.9 Å². The Balaban J connectivity index is 1.53. The summed E-state index contributed by atoms with van der Waals surface area (Å²) in [7, 11) is 0. The summed E-state index contributed by atoms with van der Waals surface area (Å²) < 4.78 is 0. The molecular weight excluding hydrogens is 306 g/mol. The van der Waals surface area contributed by atoms with Gasteiger partial charge in [0, 0.05) is 43.0 Å². The van der Waals surface area contributed by atoms with Crippen molar-refractivity contribution in [1.29, 1.82) is 5.26 Å². The third-order valence-corrected chi connectivity index (χ3v) is 4.99. The molecule has 23 heavy (non-hydrogen) atoms. The summed E-state index contributed by atoms with van der Waals surface area (Å²) in [6.07, 6.45) is 0. The zero-order chi connectivity index (χ0) is 16.2. The lowest BCUT2D eigenvalue weighted by atomic mass is 10.1. The van der Waals surface area contributed by atoms with Crippen LogP contribution in [0.2, 0.25) is 0 Å². The highest BCUT2D eigenvalue weighted by molar-refractivity contribution is 7.10. The number of carbonyl (C=O) groups is 1. The molecule has 0 radical (unpaired) electrons. The van der Waals surface area contributed by atoms with Crippen LogP contribution in [0.4, 0.5) is 0 Å². The number of carbonyl (C=O) groups excluding carboxylic acids is 1. The van der Waals surface area contributed by atoms with Crippen molar-refractivity contribution in [3.05, 3.63) is 57.3 Å². The quantitative estimate of drug-likeness (QED) is 0.872. The van der Waals surface area contributed by atoms with Gasteiger partial charge >= 0.3 is 0 Å². The molecule has 3 rings (SSSR count). The first-order chi connectivity index (χ1) is 11.2. The molecule has 0 bridgehead atoms. The summed E-state index contributed by atoms with van der Waals surface area (Å²) in [5.74, 6) is 0.146. The Morgan fingerprint density at radius 2 is 1.91 bits per heavy atom. The van der Waals surface area contributed by atoms with E-state index in [9.17, 15) is 4.79 Å². The number of nitriles is 1. The highest BCUT2D eigenvalue weighted by atomic mass is 32.1. The Hall–Kier alpha value is -2.16. The fourth-order valence-electron chi connectivity index (χ4n) is 2.79. The van der Waals surface area contributed by atoms with Crippen molar-refractivity contribution < 1.29 is 4.79 Å². The second kappa shape index (κ2) is 6.95. The number of hydrogen-bond acceptors (Lipinski definition) is 4. The summed E-state index contributed by atoms with van der Waals surface area (Å²) in [5, 5.41) is 10.8. The Labute approximate surface area is 140 Å². The predicted octanol–water partition coefficient (Wildman–Crippen LogP) is 2.89. The molecule has 2 heterocycles. The highest BCUT2D eigenvalue weighted by Crippen LogP contribution is 2.17. The molecule has 1 saturated heterocycles. The van der Waals surface area contributed by atoms with Crippen LogP contribution in [0.1, 0.15) is 26.4 Å². The van der Waals surface area contributed by atoms with Crippen molar-refractivity contribution in [2.75, 3.05) is 26.2 Å². The first-order valence-corrected chi connectivity index (χ1v) is 8.59. The van der Waals surface area contributed by atoms with Crippen molar-refractivity contribution in [2.45, 2.75) is 13.5 Å². The smallest absolute Gasteiger partial charge is 0.254 e. The molecule has 1 amide bonds. The molecule has 0 saturated carbocycles. The van der Waals surface area contributed by atoms with Gasteiger partial charge in [-0.3, -0.25) is 9.69 Å². The van der Waals surface area contributed by atoms with Gasteiger partial charge in [0.05, 0.1) is 17.2 Å². The lowest BCUT2D eigenvalue weighted by molar-refractivity contribution is 0.0629. The maximum absolute atomic E-state index is 12.4. The van der Waals surface area contributed by atoms with Crippen LogP contribution in [0.3, 0.4) is 0 Å². The maximum Gasteiger partial charge on any atom is 0.254 e. The normalized spacial score (nSPS) is 15.4. The van der Waals surface area contributed by atoms with Crippen LogP contribution >= 0.6 is 11.3 Å². The zero-order valence-corrected chi connectivity index (χ0v) is 14.0. The van der Waals surface area contributed by atoms with E-state index in [0.29, 0.717) is 5.56 Å². The van der Waals surface area contributed by atoms with Crippen molar-refractivity contribution in [3.8, 4) is 6.07 Å². The van der Waals surface area contributed by atoms with Gasteiger partial charge in [-0.1, -0.05) is 12.1 Å². The number of aryl methyl sites for hydroxylation is 1. The molecule has 0 N–H and O–H groups in total. The summed E-state index contributed by atoms with van der Waals surface area (Å²) in [4.78, 5) is 17.9. The van der Waals surface area contributed by atoms with Crippen LogP contribution in [0, 0.1) is 18.3 Å². The maximum atomic E-state index is 12.4. The van der Waals surface area contributed by atoms with Crippen molar-refractivity contribution in [3.63, 3.8) is 0 Å². The minimum atomic E-state index is 0.146. The lowest BCUT2D eigenvalue weighted by Gasteiger charge is -2.34. The molecule has 1 fully saturated rings. The van der Waals surface area contributed by atoms with Crippen molar-refractivity contribution >= 4 is 17.2 Å². The third kappa shape index (κ3) is 3.79. The summed E-state index contributed by atoms with van der Waals surface area (Å²) in [6, 6.07) is 11.8. The van der Waals surface area contributed by atoms with Crippen LogP contribution in [0.5, 0.6) is 0 Å². The summed E-state index contributed by atoms with van der Waals surface area (Å²) in [5.41, 5.74) is 2.71. The Kier molecular flexibility index (Phi) is 4.75. The highest BCUT2D eigenvalue weighted by Gasteiger charge is 2.22. The molecular formula is C18H19N3OS. The van der Waals surface area contributed by atoms with E-state index < -0.39 is 0 Å². The van der Waals surface area contributed by atoms with E-state index in [0.717, 1.165) is 38.3 Å². The van der Waals surface area contributed by atoms with Gasteiger partial charge in [-0.15, -0.1) is 11.3 Å². The van der Waals surface area contributed by atoms with Gasteiger partial charge in [-0.2, -0.15) is 5.26 Å². The molecule has 0 unspecified atom stereocenters. The molecule has 118 valence electrons. The van der Waals surface area contributed by atoms with Crippen LogP contribution < -0.4 is 0 Å². The number of hydrogen-bond donors (Lipinski definition) is 0. The fourth-order valence-corrected chi connectivity index (χ4v) is 3.47. The van der Waals surface area contributed by atoms with E-state index in [1.807, 2.05) is 47.5 Å². The first kappa shape index (κ1) is 15.7. The van der Waals surface area contributed by atoms with Crippen LogP contribution in [0.15, 0.2) is 35.7 Å². The molecule has 2 aromatic rings. The average molecular weight is 325 g/mol. The lowest BCUT2D eigenvalue weighted by Crippen LogP contribution is -2.48.